The third kappa shape index (κ3) is 5.71. The molecule has 0 radical (unpaired) electrons. The van der Waals surface area contributed by atoms with E-state index in [1.807, 2.05) is 0 Å². The van der Waals surface area contributed by atoms with Gasteiger partial charge in [-0.15, -0.1) is 0 Å². The number of halogens is 2. The number of hydrogen-bond acceptors (Lipinski definition) is 8. The fraction of sp³-hybridized carbons (Fsp3) is 0.483. The Labute approximate surface area is 235 Å². The molecule has 3 fully saturated rings. The second-order valence-electron chi connectivity index (χ2n) is 11.2. The Balaban J connectivity index is 1.20. The molecule has 3 N–H and O–H groups in total. The summed E-state index contributed by atoms with van der Waals surface area (Å²) >= 11 is 0. The van der Waals surface area contributed by atoms with E-state index in [1.165, 1.54) is 12.1 Å². The number of hydrogen-bond donors (Lipinski definition) is 3. The van der Waals surface area contributed by atoms with Crippen LogP contribution in [-0.2, 0) is 10.3 Å². The monoisotopic (exact) mass is 566 g/mol. The average molecular weight is 567 g/mol. The van der Waals surface area contributed by atoms with E-state index in [1.54, 1.807) is 18.5 Å². The van der Waals surface area contributed by atoms with E-state index in [4.69, 9.17) is 4.52 Å². The summed E-state index contributed by atoms with van der Waals surface area (Å²) in [4.78, 5) is 37.9. The molecule has 2 aromatic heterocycles. The Kier molecular flexibility index (Phi) is 7.52. The van der Waals surface area contributed by atoms with Crippen LogP contribution in [-0.4, -0.2) is 68.2 Å². The van der Waals surface area contributed by atoms with Gasteiger partial charge in [-0.1, -0.05) is 18.0 Å². The summed E-state index contributed by atoms with van der Waals surface area (Å²) in [5.41, 5.74) is -0.725. The summed E-state index contributed by atoms with van der Waals surface area (Å²) in [5, 5.41) is 20.6. The Morgan fingerprint density at radius 2 is 1.85 bits per heavy atom. The number of aliphatic hydroxyl groups excluding tert-OH is 1. The zero-order chi connectivity index (χ0) is 28.6. The molecule has 0 spiro atoms. The Bertz CT molecular complexity index is 1420. The van der Waals surface area contributed by atoms with Crippen molar-refractivity contribution in [3.8, 4) is 11.3 Å². The molecule has 4 atom stereocenters. The molecule has 1 saturated heterocycles. The molecular formula is C29H32F2N6O4. The number of piperidine rings is 1. The molecule has 3 heterocycles. The lowest BCUT2D eigenvalue weighted by molar-refractivity contribution is -0.130. The molecule has 2 aliphatic carbocycles. The molecule has 2 amide bonds. The smallest absolute Gasteiger partial charge is 0.273 e. The van der Waals surface area contributed by atoms with E-state index in [-0.39, 0.29) is 29.0 Å². The van der Waals surface area contributed by atoms with Crippen LogP contribution in [0.4, 0.5) is 8.78 Å². The molecule has 1 aliphatic heterocycles. The summed E-state index contributed by atoms with van der Waals surface area (Å²) in [7, 11) is 0. The lowest BCUT2D eigenvalue weighted by atomic mass is 9.85. The Hall–Kier alpha value is -3.77. The van der Waals surface area contributed by atoms with Crippen molar-refractivity contribution in [1.29, 1.82) is 0 Å². The highest BCUT2D eigenvalue weighted by atomic mass is 19.1. The van der Waals surface area contributed by atoms with Gasteiger partial charge in [-0.05, 0) is 50.3 Å². The van der Waals surface area contributed by atoms with Crippen molar-refractivity contribution < 1.29 is 28.0 Å². The molecule has 1 aromatic carbocycles. The van der Waals surface area contributed by atoms with Gasteiger partial charge in [0, 0.05) is 49.7 Å². The number of aliphatic hydroxyl groups is 1. The number of aromatic nitrogens is 3. The van der Waals surface area contributed by atoms with Crippen LogP contribution in [0.25, 0.3) is 11.3 Å². The molecule has 41 heavy (non-hydrogen) atoms. The van der Waals surface area contributed by atoms with Gasteiger partial charge in [-0.25, -0.2) is 18.7 Å². The van der Waals surface area contributed by atoms with Gasteiger partial charge in [0.25, 0.3) is 5.91 Å². The minimum absolute atomic E-state index is 0.0124. The number of carbonyl (C=O) groups excluding carboxylic acids is 2. The van der Waals surface area contributed by atoms with Gasteiger partial charge in [-0.3, -0.25) is 14.5 Å². The molecule has 2 saturated carbocycles. The summed E-state index contributed by atoms with van der Waals surface area (Å²) in [6, 6.07) is 5.49. The van der Waals surface area contributed by atoms with E-state index in [0.29, 0.717) is 25.3 Å². The molecule has 10 nitrogen and oxygen atoms in total. The molecule has 6 rings (SSSR count). The standard InChI is InChI=1S/C29H32F2N6O4/c30-17-6-7-18(20(31)14-17)25-15-22(36-41-25)27(40)34-21-8-13-37(23-4-1-2-5-24(23)38)16-19(21)26(39)35-29(9-10-29)28-32-11-3-12-33-28/h3,6-7,11-12,14-15,19,21,23-24,38H,1-2,4-5,8-10,13,16H2,(H,34,40)(H,35,39)/t19-,21-,23?,24?/m1/s1. The van der Waals surface area contributed by atoms with Crippen LogP contribution < -0.4 is 10.6 Å². The largest absolute Gasteiger partial charge is 0.391 e. The van der Waals surface area contributed by atoms with Crippen molar-refractivity contribution in [2.24, 2.45) is 5.92 Å². The molecule has 216 valence electrons. The normalized spacial score (nSPS) is 25.8. The third-order valence-corrected chi connectivity index (χ3v) is 8.51. The number of amides is 2. The van der Waals surface area contributed by atoms with Gasteiger partial charge in [0.1, 0.15) is 11.6 Å². The zero-order valence-corrected chi connectivity index (χ0v) is 22.4. The fourth-order valence-corrected chi connectivity index (χ4v) is 6.08. The SMILES string of the molecule is O=C(N[C@@H]1CCN(C2CCCCC2O)C[C@H]1C(=O)NC1(c2ncccn2)CC1)c1cc(-c2ccc(F)cc2F)on1. The van der Waals surface area contributed by atoms with E-state index in [2.05, 4.69) is 30.7 Å². The summed E-state index contributed by atoms with van der Waals surface area (Å²) in [6.45, 7) is 0.976. The first-order chi connectivity index (χ1) is 19.8. The van der Waals surface area contributed by atoms with Gasteiger partial charge < -0.3 is 20.3 Å². The second-order valence-corrected chi connectivity index (χ2v) is 11.2. The van der Waals surface area contributed by atoms with E-state index in [0.717, 1.165) is 50.7 Å². The van der Waals surface area contributed by atoms with Crippen LogP contribution in [0.15, 0.2) is 47.2 Å². The van der Waals surface area contributed by atoms with E-state index < -0.39 is 41.1 Å². The lowest BCUT2D eigenvalue weighted by Crippen LogP contribution is -2.60. The van der Waals surface area contributed by atoms with Crippen LogP contribution >= 0.6 is 0 Å². The lowest BCUT2D eigenvalue weighted by Gasteiger charge is -2.44. The first-order valence-corrected chi connectivity index (χ1v) is 14.1. The van der Waals surface area contributed by atoms with Gasteiger partial charge >= 0.3 is 0 Å². The first-order valence-electron chi connectivity index (χ1n) is 14.1. The van der Waals surface area contributed by atoms with Gasteiger partial charge in [0.15, 0.2) is 17.3 Å². The molecule has 3 aliphatic rings. The van der Waals surface area contributed by atoms with Crippen LogP contribution in [0.2, 0.25) is 0 Å². The average Bonchev–Trinajstić information content (AvgIpc) is 3.59. The Morgan fingerprint density at radius 3 is 2.59 bits per heavy atom. The maximum Gasteiger partial charge on any atom is 0.273 e. The van der Waals surface area contributed by atoms with Crippen molar-refractivity contribution in [3.63, 3.8) is 0 Å². The number of nitrogens with zero attached hydrogens (tertiary/aromatic N) is 4. The van der Waals surface area contributed by atoms with Gasteiger partial charge in [-0.2, -0.15) is 0 Å². The van der Waals surface area contributed by atoms with Crippen molar-refractivity contribution in [1.82, 2.24) is 30.7 Å². The molecule has 12 heteroatoms. The topological polar surface area (TPSA) is 133 Å². The third-order valence-electron chi connectivity index (χ3n) is 8.51. The van der Waals surface area contributed by atoms with Crippen LogP contribution in [0.3, 0.4) is 0 Å². The maximum atomic E-state index is 14.2. The van der Waals surface area contributed by atoms with E-state index >= 15 is 0 Å². The highest BCUT2D eigenvalue weighted by Gasteiger charge is 2.50. The minimum Gasteiger partial charge on any atom is -0.391 e. The van der Waals surface area contributed by atoms with Crippen LogP contribution in [0.5, 0.6) is 0 Å². The summed E-state index contributed by atoms with van der Waals surface area (Å²) in [6.07, 6.45) is 8.36. The highest BCUT2D eigenvalue weighted by molar-refractivity contribution is 5.94. The predicted octanol–water partition coefficient (Wildman–Crippen LogP) is 2.94. The minimum atomic E-state index is -0.835. The van der Waals surface area contributed by atoms with Crippen molar-refractivity contribution in [3.05, 3.63) is 65.9 Å². The number of nitrogens with one attached hydrogen (secondary N) is 2. The number of carbonyl (C=O) groups is 2. The molecule has 3 aromatic rings. The van der Waals surface area contributed by atoms with E-state index in [9.17, 15) is 23.5 Å². The molecule has 2 unspecified atom stereocenters. The number of benzene rings is 1. The number of rotatable bonds is 7. The number of likely N-dealkylation sites (tertiary alicyclic amines) is 1. The molecular weight excluding hydrogens is 534 g/mol. The van der Waals surface area contributed by atoms with Crippen molar-refractivity contribution in [2.45, 2.75) is 68.7 Å². The fourth-order valence-electron chi connectivity index (χ4n) is 6.08. The first kappa shape index (κ1) is 27.4. The summed E-state index contributed by atoms with van der Waals surface area (Å²) in [5.74, 6) is -2.41. The van der Waals surface area contributed by atoms with Crippen molar-refractivity contribution >= 4 is 11.8 Å². The van der Waals surface area contributed by atoms with Gasteiger partial charge in [0.05, 0.1) is 23.1 Å². The Morgan fingerprint density at radius 1 is 1.07 bits per heavy atom. The van der Waals surface area contributed by atoms with Gasteiger partial charge in [0.2, 0.25) is 5.91 Å². The maximum absolute atomic E-state index is 14.2. The van der Waals surface area contributed by atoms with Crippen LogP contribution in [0, 0.1) is 17.6 Å². The van der Waals surface area contributed by atoms with Crippen LogP contribution in [0.1, 0.15) is 61.3 Å². The second kappa shape index (κ2) is 11.2. The zero-order valence-electron chi connectivity index (χ0n) is 22.4. The predicted molar refractivity (Wildman–Crippen MR) is 142 cm³/mol. The van der Waals surface area contributed by atoms with Crippen molar-refractivity contribution in [2.75, 3.05) is 13.1 Å². The highest BCUT2D eigenvalue weighted by Crippen LogP contribution is 2.44. The summed E-state index contributed by atoms with van der Waals surface area (Å²) < 4.78 is 32.7. The quantitative estimate of drug-likeness (QED) is 0.398. The molecule has 0 bridgehead atoms.